The number of carbonyl (C=O) groups is 1. The molecular formula is C20H24N2O2. The van der Waals surface area contributed by atoms with Gasteiger partial charge in [-0.25, -0.2) is 4.79 Å². The fourth-order valence-corrected chi connectivity index (χ4v) is 3.20. The van der Waals surface area contributed by atoms with Gasteiger partial charge in [0.15, 0.2) is 0 Å². The number of hydrogen-bond acceptors (Lipinski definition) is 2. The van der Waals surface area contributed by atoms with Gasteiger partial charge in [-0.15, -0.1) is 0 Å². The van der Waals surface area contributed by atoms with Crippen molar-refractivity contribution in [1.29, 1.82) is 0 Å². The second-order valence-electron chi connectivity index (χ2n) is 6.21. The predicted octanol–water partition coefficient (Wildman–Crippen LogP) is 4.50. The molecule has 0 bridgehead atoms. The molecule has 1 fully saturated rings. The molecule has 0 saturated carbocycles. The van der Waals surface area contributed by atoms with Gasteiger partial charge in [-0.1, -0.05) is 36.8 Å². The summed E-state index contributed by atoms with van der Waals surface area (Å²) in [6.07, 6.45) is 3.35. The van der Waals surface area contributed by atoms with Crippen molar-refractivity contribution >= 4 is 11.7 Å². The maximum atomic E-state index is 12.6. The lowest BCUT2D eigenvalue weighted by Crippen LogP contribution is -2.37. The highest BCUT2D eigenvalue weighted by Gasteiger charge is 2.23. The van der Waals surface area contributed by atoms with Crippen molar-refractivity contribution in [3.8, 4) is 5.75 Å². The molecule has 1 atom stereocenters. The molecule has 1 aliphatic heterocycles. The van der Waals surface area contributed by atoms with E-state index in [2.05, 4.69) is 29.6 Å². The number of nitrogens with zero attached hydrogens (tertiary/aromatic N) is 1. The van der Waals surface area contributed by atoms with E-state index in [4.69, 9.17) is 4.74 Å². The quantitative estimate of drug-likeness (QED) is 0.903. The zero-order valence-electron chi connectivity index (χ0n) is 14.1. The molecule has 0 aromatic heterocycles. The number of hydrogen-bond donors (Lipinski definition) is 1. The van der Waals surface area contributed by atoms with Crippen LogP contribution in [0.5, 0.6) is 5.75 Å². The molecule has 126 valence electrons. The monoisotopic (exact) mass is 324 g/mol. The summed E-state index contributed by atoms with van der Waals surface area (Å²) in [5, 5.41) is 2.99. The zero-order valence-corrected chi connectivity index (χ0v) is 14.1. The maximum Gasteiger partial charge on any atom is 0.321 e. The van der Waals surface area contributed by atoms with Gasteiger partial charge in [-0.05, 0) is 42.7 Å². The average Bonchev–Trinajstić information content (AvgIpc) is 2.89. The standard InChI is InChI=1S/C20H24N2O2/c1-24-19-12-10-18(11-13-19)21-20(23)22-14-6-5-9-17(15-22)16-7-3-2-4-8-16/h2-4,7-8,10-13,17H,5-6,9,14-15H2,1H3,(H,21,23). The van der Waals surface area contributed by atoms with E-state index < -0.39 is 0 Å². The van der Waals surface area contributed by atoms with Crippen molar-refractivity contribution in [1.82, 2.24) is 4.90 Å². The third kappa shape index (κ3) is 4.07. The summed E-state index contributed by atoms with van der Waals surface area (Å²) in [4.78, 5) is 14.6. The molecule has 1 aliphatic rings. The van der Waals surface area contributed by atoms with Crippen LogP contribution in [0.2, 0.25) is 0 Å². The lowest BCUT2D eigenvalue weighted by Gasteiger charge is -2.25. The number of benzene rings is 2. The van der Waals surface area contributed by atoms with E-state index >= 15 is 0 Å². The fraction of sp³-hybridized carbons (Fsp3) is 0.350. The highest BCUT2D eigenvalue weighted by molar-refractivity contribution is 5.89. The van der Waals surface area contributed by atoms with Crippen molar-refractivity contribution in [3.05, 3.63) is 60.2 Å². The van der Waals surface area contributed by atoms with Gasteiger partial charge in [0, 0.05) is 24.7 Å². The molecule has 1 heterocycles. The Morgan fingerprint density at radius 2 is 1.83 bits per heavy atom. The summed E-state index contributed by atoms with van der Waals surface area (Å²) in [6, 6.07) is 17.9. The van der Waals surface area contributed by atoms with Crippen molar-refractivity contribution in [2.45, 2.75) is 25.2 Å². The molecule has 2 aromatic carbocycles. The summed E-state index contributed by atoms with van der Waals surface area (Å²) in [5.74, 6) is 1.20. The van der Waals surface area contributed by atoms with Crippen LogP contribution in [0.1, 0.15) is 30.7 Å². The van der Waals surface area contributed by atoms with Crippen LogP contribution < -0.4 is 10.1 Å². The van der Waals surface area contributed by atoms with Gasteiger partial charge in [-0.2, -0.15) is 0 Å². The Balaban J connectivity index is 1.66. The molecule has 2 aromatic rings. The molecule has 24 heavy (non-hydrogen) atoms. The average molecular weight is 324 g/mol. The van der Waals surface area contributed by atoms with Crippen LogP contribution in [0, 0.1) is 0 Å². The van der Waals surface area contributed by atoms with Crippen LogP contribution in [0.25, 0.3) is 0 Å². The molecule has 0 aliphatic carbocycles. The Kier molecular flexibility index (Phi) is 5.36. The first kappa shape index (κ1) is 16.4. The number of anilines is 1. The van der Waals surface area contributed by atoms with Gasteiger partial charge in [0.05, 0.1) is 7.11 Å². The number of likely N-dealkylation sites (tertiary alicyclic amines) is 1. The molecule has 0 spiro atoms. The summed E-state index contributed by atoms with van der Waals surface area (Å²) >= 11 is 0. The minimum absolute atomic E-state index is 0.0250. The topological polar surface area (TPSA) is 41.6 Å². The smallest absolute Gasteiger partial charge is 0.321 e. The lowest BCUT2D eigenvalue weighted by atomic mass is 9.94. The van der Waals surface area contributed by atoms with Crippen molar-refractivity contribution < 1.29 is 9.53 Å². The van der Waals surface area contributed by atoms with Crippen molar-refractivity contribution in [2.75, 3.05) is 25.5 Å². The summed E-state index contributed by atoms with van der Waals surface area (Å²) in [6.45, 7) is 1.58. The Morgan fingerprint density at radius 1 is 1.08 bits per heavy atom. The summed E-state index contributed by atoms with van der Waals surface area (Å²) in [7, 11) is 1.63. The molecule has 4 heteroatoms. The molecule has 1 N–H and O–H groups in total. The number of carbonyl (C=O) groups excluding carboxylic acids is 1. The van der Waals surface area contributed by atoms with E-state index in [0.717, 1.165) is 43.8 Å². The van der Waals surface area contributed by atoms with Crippen molar-refractivity contribution in [2.24, 2.45) is 0 Å². The number of ether oxygens (including phenoxy) is 1. The number of rotatable bonds is 3. The molecular weight excluding hydrogens is 300 g/mol. The van der Waals surface area contributed by atoms with E-state index in [1.807, 2.05) is 35.2 Å². The highest BCUT2D eigenvalue weighted by Crippen LogP contribution is 2.26. The third-order valence-corrected chi connectivity index (χ3v) is 4.57. The van der Waals surface area contributed by atoms with Crippen LogP contribution in [0.3, 0.4) is 0 Å². The number of methoxy groups -OCH3 is 1. The first-order valence-electron chi connectivity index (χ1n) is 8.51. The van der Waals surface area contributed by atoms with Crippen LogP contribution in [-0.4, -0.2) is 31.1 Å². The van der Waals surface area contributed by atoms with Gasteiger partial charge in [-0.3, -0.25) is 0 Å². The largest absolute Gasteiger partial charge is 0.497 e. The van der Waals surface area contributed by atoms with Crippen LogP contribution in [-0.2, 0) is 0 Å². The molecule has 1 unspecified atom stereocenters. The van der Waals surface area contributed by atoms with Gasteiger partial charge in [0.25, 0.3) is 0 Å². The first-order chi connectivity index (χ1) is 11.8. The van der Waals surface area contributed by atoms with E-state index in [1.54, 1.807) is 7.11 Å². The highest BCUT2D eigenvalue weighted by atomic mass is 16.5. The van der Waals surface area contributed by atoms with E-state index in [0.29, 0.717) is 5.92 Å². The maximum absolute atomic E-state index is 12.6. The normalized spacial score (nSPS) is 17.9. The number of urea groups is 1. The van der Waals surface area contributed by atoms with Crippen molar-refractivity contribution in [3.63, 3.8) is 0 Å². The molecule has 4 nitrogen and oxygen atoms in total. The van der Waals surface area contributed by atoms with Gasteiger partial charge >= 0.3 is 6.03 Å². The van der Waals surface area contributed by atoms with Crippen LogP contribution in [0.4, 0.5) is 10.5 Å². The summed E-state index contributed by atoms with van der Waals surface area (Å²) < 4.78 is 5.15. The van der Waals surface area contributed by atoms with Gasteiger partial charge < -0.3 is 15.0 Å². The van der Waals surface area contributed by atoms with Gasteiger partial charge in [0.2, 0.25) is 0 Å². The lowest BCUT2D eigenvalue weighted by molar-refractivity contribution is 0.211. The van der Waals surface area contributed by atoms with E-state index in [1.165, 1.54) is 5.56 Å². The first-order valence-corrected chi connectivity index (χ1v) is 8.51. The Labute approximate surface area is 143 Å². The predicted molar refractivity (Wildman–Crippen MR) is 96.6 cm³/mol. The second kappa shape index (κ2) is 7.86. The molecule has 1 saturated heterocycles. The minimum atomic E-state index is -0.0250. The fourth-order valence-electron chi connectivity index (χ4n) is 3.20. The van der Waals surface area contributed by atoms with Crippen LogP contribution >= 0.6 is 0 Å². The number of amides is 2. The Bertz CT molecular complexity index is 655. The van der Waals surface area contributed by atoms with E-state index in [-0.39, 0.29) is 6.03 Å². The van der Waals surface area contributed by atoms with Crippen LogP contribution in [0.15, 0.2) is 54.6 Å². The molecule has 0 radical (unpaired) electrons. The minimum Gasteiger partial charge on any atom is -0.497 e. The zero-order chi connectivity index (χ0) is 16.8. The number of nitrogens with one attached hydrogen (secondary N) is 1. The second-order valence-corrected chi connectivity index (χ2v) is 6.21. The Morgan fingerprint density at radius 3 is 2.54 bits per heavy atom. The van der Waals surface area contributed by atoms with Gasteiger partial charge in [0.1, 0.15) is 5.75 Å². The molecule has 2 amide bonds. The Hall–Kier alpha value is -2.49. The SMILES string of the molecule is COc1ccc(NC(=O)N2CCCCC(c3ccccc3)C2)cc1. The summed E-state index contributed by atoms with van der Waals surface area (Å²) in [5.41, 5.74) is 2.11. The van der Waals surface area contributed by atoms with E-state index in [9.17, 15) is 4.79 Å². The molecule has 3 rings (SSSR count). The third-order valence-electron chi connectivity index (χ3n) is 4.57.